The van der Waals surface area contributed by atoms with Crippen molar-refractivity contribution in [1.29, 1.82) is 0 Å². The number of ketones is 1. The third-order valence-electron chi connectivity index (χ3n) is 2.00. The van der Waals surface area contributed by atoms with Crippen LogP contribution in [0.15, 0.2) is 30.3 Å². The molecule has 86 valence electrons. The molecule has 0 aliphatic rings. The Labute approximate surface area is 91.0 Å². The molecular formula is C11H10F2O3. The summed E-state index contributed by atoms with van der Waals surface area (Å²) < 4.78 is 30.6. The standard InChI is InChI=1S/C11H10F2O3/c1-16-11(15)9(13)10(14)8(12)7-5-3-2-4-6-7/h2-6,8-9H,1H3. The molecule has 2 atom stereocenters. The highest BCUT2D eigenvalue weighted by molar-refractivity contribution is 6.04. The maximum absolute atomic E-state index is 13.5. The molecule has 0 saturated carbocycles. The number of carbonyl (C=O) groups is 2. The zero-order chi connectivity index (χ0) is 12.1. The van der Waals surface area contributed by atoms with E-state index in [0.717, 1.165) is 7.11 Å². The second-order valence-electron chi connectivity index (χ2n) is 3.06. The molecule has 0 fully saturated rings. The Morgan fingerprint density at radius 2 is 1.75 bits per heavy atom. The molecule has 0 spiro atoms. The Balaban J connectivity index is 2.79. The first-order valence-electron chi connectivity index (χ1n) is 4.52. The molecule has 0 N–H and O–H groups in total. The van der Waals surface area contributed by atoms with E-state index >= 15 is 0 Å². The highest BCUT2D eigenvalue weighted by atomic mass is 19.1. The number of hydrogen-bond donors (Lipinski definition) is 0. The number of methoxy groups -OCH3 is 1. The summed E-state index contributed by atoms with van der Waals surface area (Å²) in [6.45, 7) is 0. The number of hydrogen-bond acceptors (Lipinski definition) is 3. The van der Waals surface area contributed by atoms with E-state index in [1.54, 1.807) is 6.07 Å². The normalized spacial score (nSPS) is 13.9. The quantitative estimate of drug-likeness (QED) is 0.582. The van der Waals surface area contributed by atoms with Crippen LogP contribution in [0, 0.1) is 0 Å². The molecule has 5 heteroatoms. The molecule has 16 heavy (non-hydrogen) atoms. The van der Waals surface area contributed by atoms with Crippen LogP contribution in [0.2, 0.25) is 0 Å². The van der Waals surface area contributed by atoms with Crippen molar-refractivity contribution in [3.05, 3.63) is 35.9 Å². The molecular weight excluding hydrogens is 218 g/mol. The minimum atomic E-state index is -2.58. The molecule has 3 nitrogen and oxygen atoms in total. The first-order chi connectivity index (χ1) is 7.57. The summed E-state index contributed by atoms with van der Waals surface area (Å²) >= 11 is 0. The summed E-state index contributed by atoms with van der Waals surface area (Å²) in [5.41, 5.74) is 0.0130. The Hall–Kier alpha value is -1.78. The zero-order valence-corrected chi connectivity index (χ0v) is 8.52. The number of carbonyl (C=O) groups excluding carboxylic acids is 2. The van der Waals surface area contributed by atoms with Gasteiger partial charge in [0.05, 0.1) is 7.11 Å². The van der Waals surface area contributed by atoms with Gasteiger partial charge in [0.15, 0.2) is 6.17 Å². The van der Waals surface area contributed by atoms with Crippen molar-refractivity contribution in [2.45, 2.75) is 12.3 Å². The van der Waals surface area contributed by atoms with Gasteiger partial charge in [-0.05, 0) is 5.56 Å². The van der Waals surface area contributed by atoms with E-state index in [1.807, 2.05) is 0 Å². The molecule has 0 radical (unpaired) electrons. The molecule has 2 unspecified atom stereocenters. The average molecular weight is 228 g/mol. The van der Waals surface area contributed by atoms with Gasteiger partial charge in [-0.15, -0.1) is 0 Å². The van der Waals surface area contributed by atoms with Crippen LogP contribution in [-0.2, 0) is 14.3 Å². The lowest BCUT2D eigenvalue weighted by molar-refractivity contribution is -0.152. The molecule has 0 aliphatic carbocycles. The molecule has 0 aliphatic heterocycles. The second kappa shape index (κ2) is 5.34. The van der Waals surface area contributed by atoms with E-state index in [2.05, 4.69) is 4.74 Å². The number of Topliss-reactive ketones (excluding diaryl/α,β-unsaturated/α-hetero) is 1. The first kappa shape index (κ1) is 12.3. The highest BCUT2D eigenvalue weighted by Crippen LogP contribution is 2.20. The van der Waals surface area contributed by atoms with Crippen molar-refractivity contribution in [2.24, 2.45) is 0 Å². The molecule has 0 heterocycles. The van der Waals surface area contributed by atoms with Gasteiger partial charge in [0.1, 0.15) is 0 Å². The van der Waals surface area contributed by atoms with Gasteiger partial charge in [-0.2, -0.15) is 0 Å². The van der Waals surface area contributed by atoms with Gasteiger partial charge >= 0.3 is 5.97 Å². The number of esters is 1. The predicted molar refractivity (Wildman–Crippen MR) is 52.2 cm³/mol. The van der Waals surface area contributed by atoms with E-state index in [-0.39, 0.29) is 5.56 Å². The van der Waals surface area contributed by atoms with Crippen molar-refractivity contribution >= 4 is 11.8 Å². The number of rotatable bonds is 4. The van der Waals surface area contributed by atoms with E-state index in [4.69, 9.17) is 0 Å². The maximum Gasteiger partial charge on any atom is 0.348 e. The predicted octanol–water partition coefficient (Wildman–Crippen LogP) is 1.78. The average Bonchev–Trinajstić information content (AvgIpc) is 2.36. The largest absolute Gasteiger partial charge is 0.467 e. The van der Waals surface area contributed by atoms with Crippen LogP contribution in [0.1, 0.15) is 11.7 Å². The van der Waals surface area contributed by atoms with Crippen LogP contribution in [0.5, 0.6) is 0 Å². The Morgan fingerprint density at radius 3 is 2.25 bits per heavy atom. The summed E-state index contributed by atoms with van der Waals surface area (Å²) in [6.07, 6.45) is -4.74. The van der Waals surface area contributed by atoms with Gasteiger partial charge in [-0.3, -0.25) is 4.79 Å². The molecule has 1 aromatic carbocycles. The maximum atomic E-state index is 13.5. The molecule has 1 aromatic rings. The number of ether oxygens (including phenoxy) is 1. The summed E-state index contributed by atoms with van der Waals surface area (Å²) in [5.74, 6) is -2.83. The lowest BCUT2D eigenvalue weighted by Crippen LogP contribution is -2.29. The summed E-state index contributed by atoms with van der Waals surface area (Å²) in [6, 6.07) is 7.34. The Kier molecular flexibility index (Phi) is 4.10. The van der Waals surface area contributed by atoms with E-state index < -0.39 is 24.1 Å². The van der Waals surface area contributed by atoms with Crippen molar-refractivity contribution in [1.82, 2.24) is 0 Å². The van der Waals surface area contributed by atoms with Crippen molar-refractivity contribution in [2.75, 3.05) is 7.11 Å². The fourth-order valence-corrected chi connectivity index (χ4v) is 1.13. The SMILES string of the molecule is COC(=O)C(F)C(=O)C(F)c1ccccc1. The molecule has 0 bridgehead atoms. The van der Waals surface area contributed by atoms with Crippen molar-refractivity contribution in [3.63, 3.8) is 0 Å². The third-order valence-corrected chi connectivity index (χ3v) is 2.00. The van der Waals surface area contributed by atoms with Crippen molar-refractivity contribution < 1.29 is 23.1 Å². The molecule has 0 saturated heterocycles. The Bertz CT molecular complexity index is 378. The smallest absolute Gasteiger partial charge is 0.348 e. The third kappa shape index (κ3) is 2.62. The lowest BCUT2D eigenvalue weighted by atomic mass is 10.0. The van der Waals surface area contributed by atoms with Gasteiger partial charge in [0, 0.05) is 0 Å². The van der Waals surface area contributed by atoms with Crippen molar-refractivity contribution in [3.8, 4) is 0 Å². The number of alkyl halides is 2. The second-order valence-corrected chi connectivity index (χ2v) is 3.06. The molecule has 0 amide bonds. The van der Waals surface area contributed by atoms with Gasteiger partial charge in [-0.25, -0.2) is 13.6 Å². The topological polar surface area (TPSA) is 43.4 Å². The van der Waals surface area contributed by atoms with E-state index in [1.165, 1.54) is 24.3 Å². The van der Waals surface area contributed by atoms with Gasteiger partial charge in [-0.1, -0.05) is 30.3 Å². The molecule has 1 rings (SSSR count). The van der Waals surface area contributed by atoms with Gasteiger partial charge in [0.2, 0.25) is 5.78 Å². The van der Waals surface area contributed by atoms with Crippen LogP contribution >= 0.6 is 0 Å². The van der Waals surface area contributed by atoms with E-state index in [9.17, 15) is 18.4 Å². The lowest BCUT2D eigenvalue weighted by Gasteiger charge is -2.09. The van der Waals surface area contributed by atoms with E-state index in [0.29, 0.717) is 0 Å². The molecule has 0 aromatic heterocycles. The van der Waals surface area contributed by atoms with Gasteiger partial charge in [0.25, 0.3) is 6.17 Å². The van der Waals surface area contributed by atoms with Crippen LogP contribution in [0.4, 0.5) is 8.78 Å². The minimum Gasteiger partial charge on any atom is -0.467 e. The minimum absolute atomic E-state index is 0.0130. The fraction of sp³-hybridized carbons (Fsp3) is 0.273. The first-order valence-corrected chi connectivity index (χ1v) is 4.52. The number of halogens is 2. The monoisotopic (exact) mass is 228 g/mol. The summed E-state index contributed by atoms with van der Waals surface area (Å²) in [7, 11) is 0.929. The van der Waals surface area contributed by atoms with Gasteiger partial charge < -0.3 is 4.74 Å². The van der Waals surface area contributed by atoms with Crippen LogP contribution in [0.3, 0.4) is 0 Å². The fourth-order valence-electron chi connectivity index (χ4n) is 1.13. The summed E-state index contributed by atoms with van der Waals surface area (Å²) in [4.78, 5) is 21.9. The Morgan fingerprint density at radius 1 is 1.19 bits per heavy atom. The zero-order valence-electron chi connectivity index (χ0n) is 8.52. The number of benzene rings is 1. The summed E-state index contributed by atoms with van der Waals surface area (Å²) in [5, 5.41) is 0. The van der Waals surface area contributed by atoms with Crippen LogP contribution in [-0.4, -0.2) is 25.0 Å². The van der Waals surface area contributed by atoms with Crippen LogP contribution in [0.25, 0.3) is 0 Å². The highest BCUT2D eigenvalue weighted by Gasteiger charge is 2.34. The van der Waals surface area contributed by atoms with Crippen LogP contribution < -0.4 is 0 Å².